The Morgan fingerprint density at radius 1 is 0.723 bits per heavy atom. The van der Waals surface area contributed by atoms with Crippen LogP contribution in [0.2, 0.25) is 5.28 Å². The Labute approximate surface area is 372 Å². The maximum Gasteiger partial charge on any atom is 0.397 e. The zero-order valence-corrected chi connectivity index (χ0v) is 36.6. The summed E-state index contributed by atoms with van der Waals surface area (Å²) in [7, 11) is -18.5. The molecule has 65 heavy (non-hydrogen) atoms. The van der Waals surface area contributed by atoms with E-state index in [-0.39, 0.29) is 67.0 Å². The molecule has 1 heterocycles. The minimum Gasteiger partial charge on any atom is -0.507 e. The minimum absolute atomic E-state index is 0.0589. The molecule has 0 fully saturated rings. The first kappa shape index (κ1) is 47.6. The van der Waals surface area contributed by atoms with Crippen LogP contribution in [0.5, 0.6) is 5.75 Å². The Bertz CT molecular complexity index is 3400. The first-order valence-corrected chi connectivity index (χ1v) is 23.9. The van der Waals surface area contributed by atoms with Crippen molar-refractivity contribution in [3.63, 3.8) is 0 Å². The predicted molar refractivity (Wildman–Crippen MR) is 233 cm³/mol. The minimum atomic E-state index is -5.00. The summed E-state index contributed by atoms with van der Waals surface area (Å²) >= 11 is 6.14. The molecule has 0 radical (unpaired) electrons. The highest BCUT2D eigenvalue weighted by molar-refractivity contribution is 7.91. The number of nitrogens with two attached hydrogens (primary N) is 1. The number of hydrogen-bond acceptors (Lipinski definition) is 21. The number of sulfone groups is 1. The number of hydrogen-bond donors (Lipinski definition) is 8. The van der Waals surface area contributed by atoms with Crippen LogP contribution in [-0.2, 0) is 49.5 Å². The van der Waals surface area contributed by atoms with Gasteiger partial charge in [0.15, 0.2) is 9.84 Å². The lowest BCUT2D eigenvalue weighted by Gasteiger charge is -2.11. The molecule has 0 bridgehead atoms. The number of halogens is 1. The van der Waals surface area contributed by atoms with Crippen molar-refractivity contribution in [2.75, 3.05) is 34.0 Å². The predicted octanol–water partition coefficient (Wildman–Crippen LogP) is 6.33. The third kappa shape index (κ3) is 12.5. The third-order valence-electron chi connectivity index (χ3n) is 8.35. The van der Waals surface area contributed by atoms with Crippen molar-refractivity contribution in [3.8, 4) is 5.75 Å². The van der Waals surface area contributed by atoms with Crippen molar-refractivity contribution in [2.45, 2.75) is 21.6 Å². The molecule has 6 aromatic rings. The second-order valence-corrected chi connectivity index (χ2v) is 19.4. The van der Waals surface area contributed by atoms with Gasteiger partial charge in [0.05, 0.1) is 44.6 Å². The van der Waals surface area contributed by atoms with Crippen LogP contribution in [0, 0.1) is 0 Å². The van der Waals surface area contributed by atoms with Crippen molar-refractivity contribution in [3.05, 3.63) is 90.2 Å². The Hall–Kier alpha value is -6.83. The first-order chi connectivity index (χ1) is 30.3. The summed E-state index contributed by atoms with van der Waals surface area (Å²) in [6.07, 6.45) is 0. The molecule has 0 aliphatic carbocycles. The lowest BCUT2D eigenvalue weighted by molar-refractivity contribution is -0.114. The fourth-order valence-corrected chi connectivity index (χ4v) is 8.39. The largest absolute Gasteiger partial charge is 0.507 e. The van der Waals surface area contributed by atoms with E-state index >= 15 is 0 Å². The number of aromatic hydroxyl groups is 1. The second-order valence-electron chi connectivity index (χ2n) is 13.1. The average Bonchev–Trinajstić information content (AvgIpc) is 3.19. The number of phenolic OH excluding ortho intramolecular Hbond substituents is 1. The number of benzene rings is 5. The molecule has 0 saturated heterocycles. The maximum atomic E-state index is 12.5. The number of rotatable bonds is 16. The topological polar surface area (TPSA) is 394 Å². The van der Waals surface area contributed by atoms with Gasteiger partial charge in [-0.25, -0.2) is 12.6 Å². The lowest BCUT2D eigenvalue weighted by atomic mass is 10.1. The van der Waals surface area contributed by atoms with Crippen LogP contribution >= 0.6 is 11.6 Å². The molecular formula is C35H30ClN11O14S4. The highest BCUT2D eigenvalue weighted by Crippen LogP contribution is 2.41. The van der Waals surface area contributed by atoms with Gasteiger partial charge in [0.25, 0.3) is 20.2 Å². The van der Waals surface area contributed by atoms with Gasteiger partial charge in [0.1, 0.15) is 27.7 Å². The summed E-state index contributed by atoms with van der Waals surface area (Å²) in [4.78, 5) is 22.9. The molecule has 1 amide bonds. The Balaban J connectivity index is 1.21. The van der Waals surface area contributed by atoms with E-state index in [4.69, 9.17) is 21.9 Å². The molecule has 9 N–H and O–H groups in total. The Kier molecular flexibility index (Phi) is 13.7. The molecular weight excluding hydrogens is 962 g/mol. The fraction of sp³-hybridized carbons (Fsp3) is 0.0857. The van der Waals surface area contributed by atoms with Gasteiger partial charge >= 0.3 is 10.4 Å². The summed E-state index contributed by atoms with van der Waals surface area (Å²) in [6.45, 7) is 0.419. The number of nitrogens with one attached hydrogen (secondary N) is 3. The van der Waals surface area contributed by atoms with E-state index in [1.165, 1.54) is 67.6 Å². The monoisotopic (exact) mass is 991 g/mol. The Morgan fingerprint density at radius 3 is 1.98 bits per heavy atom. The van der Waals surface area contributed by atoms with Crippen molar-refractivity contribution in [2.24, 2.45) is 20.5 Å². The number of carbonyl (C=O) groups excluding carboxylic acids is 1. The quantitative estimate of drug-likeness (QED) is 0.0298. The van der Waals surface area contributed by atoms with Gasteiger partial charge in [0, 0.05) is 24.4 Å². The zero-order valence-electron chi connectivity index (χ0n) is 32.6. The number of aromatic nitrogens is 3. The Morgan fingerprint density at radius 2 is 1.35 bits per heavy atom. The third-order valence-corrected chi connectivity index (χ3v) is 12.4. The van der Waals surface area contributed by atoms with E-state index in [0.29, 0.717) is 5.69 Å². The number of azo groups is 2. The molecule has 340 valence electrons. The number of carbonyl (C=O) groups is 1. The van der Waals surface area contributed by atoms with E-state index in [1.54, 1.807) is 0 Å². The summed E-state index contributed by atoms with van der Waals surface area (Å²) in [5.74, 6) is -2.06. The van der Waals surface area contributed by atoms with E-state index < -0.39 is 80.0 Å². The fourth-order valence-electron chi connectivity index (χ4n) is 5.56. The van der Waals surface area contributed by atoms with Crippen LogP contribution in [-0.4, -0.2) is 85.7 Å². The number of fused-ring (bicyclic) bond motifs is 1. The van der Waals surface area contributed by atoms with E-state index in [0.717, 1.165) is 24.3 Å². The number of nitrogen functional groups attached to an aromatic ring is 1. The van der Waals surface area contributed by atoms with Gasteiger partial charge < -0.3 is 26.8 Å². The van der Waals surface area contributed by atoms with E-state index in [9.17, 15) is 52.7 Å². The molecule has 6 rings (SSSR count). The maximum absolute atomic E-state index is 12.5. The van der Waals surface area contributed by atoms with Gasteiger partial charge in [-0.05, 0) is 89.8 Å². The van der Waals surface area contributed by atoms with Gasteiger partial charge in [-0.2, -0.15) is 45.3 Å². The molecule has 0 aliphatic heterocycles. The number of anilines is 6. The van der Waals surface area contributed by atoms with Gasteiger partial charge in [-0.15, -0.1) is 15.3 Å². The van der Waals surface area contributed by atoms with Crippen LogP contribution in [0.25, 0.3) is 10.8 Å². The molecule has 30 heteroatoms. The highest BCUT2D eigenvalue weighted by Gasteiger charge is 2.21. The molecule has 0 spiro atoms. The number of nitrogens with zero attached hydrogens (tertiary/aromatic N) is 7. The molecule has 0 aliphatic rings. The normalized spacial score (nSPS) is 12.5. The van der Waals surface area contributed by atoms with Crippen LogP contribution < -0.4 is 21.7 Å². The SMILES string of the molecule is CC(=O)Nc1cc(Nc2nc(Cl)nc(Nc3ccc(S(=O)(=O)CCOS(=O)(=O)O)cc3)n2)ccc1/N=N/c1ccc(/N=N/c2c(N)ccc3cc(S(=O)(=O)O)cc(O)c23)c(S(=O)(=O)O)c1. The van der Waals surface area contributed by atoms with Crippen molar-refractivity contribution in [1.82, 2.24) is 15.0 Å². The van der Waals surface area contributed by atoms with Crippen LogP contribution in [0.15, 0.2) is 120 Å². The number of phenols is 1. The van der Waals surface area contributed by atoms with Crippen LogP contribution in [0.3, 0.4) is 0 Å². The van der Waals surface area contributed by atoms with Gasteiger partial charge in [0.2, 0.25) is 23.1 Å². The summed E-state index contributed by atoms with van der Waals surface area (Å²) in [6, 6.07) is 17.3. The first-order valence-electron chi connectivity index (χ1n) is 17.6. The van der Waals surface area contributed by atoms with Crippen LogP contribution in [0.4, 0.5) is 57.4 Å². The van der Waals surface area contributed by atoms with Crippen LogP contribution in [0.1, 0.15) is 6.92 Å². The summed E-state index contributed by atoms with van der Waals surface area (Å²) in [5.41, 5.74) is 6.03. The van der Waals surface area contributed by atoms with Gasteiger partial charge in [-0.1, -0.05) is 6.07 Å². The van der Waals surface area contributed by atoms with E-state index in [2.05, 4.69) is 55.5 Å². The zero-order chi connectivity index (χ0) is 47.5. The molecule has 1 aromatic heterocycles. The molecule has 0 unspecified atom stereocenters. The molecule has 25 nitrogen and oxygen atoms in total. The highest BCUT2D eigenvalue weighted by atomic mass is 35.5. The molecule has 5 aromatic carbocycles. The van der Waals surface area contributed by atoms with E-state index in [1.807, 2.05) is 0 Å². The smallest absolute Gasteiger partial charge is 0.397 e. The van der Waals surface area contributed by atoms with Crippen molar-refractivity contribution >= 4 is 126 Å². The molecule has 0 saturated carbocycles. The summed E-state index contributed by atoms with van der Waals surface area (Å²) in [5, 5.41) is 34.7. The second kappa shape index (κ2) is 18.7. The standard InChI is InChI=1S/C35H30ClN11O14S4/c1-18(48)38-28-15-21(40-35-42-33(36)41-34(43-35)39-20-3-7-23(8-4-20)62(50,51)13-12-61-65(58,59)60)5-10-26(28)45-44-22-6-11-27(30(16-22)64(55,56)57)46-47-32-25(37)9-2-19-14-24(63(52,53)54)17-29(49)31(19)32/h2-11,14-17,49H,12-13,37H2,1H3,(H,38,48)(H,52,53,54)(H,55,56,57)(H,58,59,60)(H2,39,40,41,42,43)/b45-44+,47-46+. The number of amides is 1. The average molecular weight is 992 g/mol. The van der Waals surface area contributed by atoms with Crippen molar-refractivity contribution < 1.29 is 61.4 Å². The van der Waals surface area contributed by atoms with Gasteiger partial charge in [-0.3, -0.25) is 18.5 Å². The van der Waals surface area contributed by atoms with Crippen molar-refractivity contribution in [1.29, 1.82) is 0 Å². The molecule has 0 atom stereocenters. The summed E-state index contributed by atoms with van der Waals surface area (Å²) < 4.78 is 127. The lowest BCUT2D eigenvalue weighted by Crippen LogP contribution is -2.15.